The van der Waals surface area contributed by atoms with Gasteiger partial charge in [0.1, 0.15) is 5.75 Å². The average Bonchev–Trinajstić information content (AvgIpc) is 2.76. The molecule has 1 aliphatic rings. The Kier molecular flexibility index (Phi) is 10.7. The highest BCUT2D eigenvalue weighted by Gasteiger charge is 2.15. The summed E-state index contributed by atoms with van der Waals surface area (Å²) in [5.41, 5.74) is 2.12. The Morgan fingerprint density at radius 2 is 1.56 bits per heavy atom. The van der Waals surface area contributed by atoms with Crippen LogP contribution in [0.25, 0.3) is 11.1 Å². The fourth-order valence-corrected chi connectivity index (χ4v) is 5.21. The van der Waals surface area contributed by atoms with Gasteiger partial charge in [0.15, 0.2) is 12.4 Å². The van der Waals surface area contributed by atoms with E-state index in [0.717, 1.165) is 47.1 Å². The minimum Gasteiger partial charge on any atom is -0.619 e. The van der Waals surface area contributed by atoms with E-state index in [4.69, 9.17) is 13.8 Å². The number of hydrogen-bond acceptors (Lipinski definition) is 7. The summed E-state index contributed by atoms with van der Waals surface area (Å²) in [6.07, 6.45) is 6.80. The fourth-order valence-electron chi connectivity index (χ4n) is 3.53. The van der Waals surface area contributed by atoms with Crippen LogP contribution in [0.1, 0.15) is 26.2 Å². The van der Waals surface area contributed by atoms with E-state index in [-0.39, 0.29) is 0 Å². The molecule has 0 spiro atoms. The molecule has 1 aromatic carbocycles. The molecule has 3 rings (SSSR count). The Morgan fingerprint density at radius 1 is 1.00 bits per heavy atom. The number of nitrogens with zero attached hydrogens (tertiary/aromatic N) is 2. The molecular weight excluding hydrogens is 484 g/mol. The van der Waals surface area contributed by atoms with Crippen LogP contribution >= 0.6 is 0 Å². The summed E-state index contributed by atoms with van der Waals surface area (Å²) in [6.45, 7) is 6.69. The number of ether oxygens (including phenoxy) is 1. The maximum absolute atomic E-state index is 11.1. The number of aromatic nitrogens is 1. The van der Waals surface area contributed by atoms with E-state index >= 15 is 0 Å². The van der Waals surface area contributed by atoms with Crippen molar-refractivity contribution < 1.29 is 35.4 Å². The summed E-state index contributed by atoms with van der Waals surface area (Å²) in [4.78, 5) is 2.55. The van der Waals surface area contributed by atoms with Gasteiger partial charge in [-0.25, -0.2) is 0 Å². The van der Waals surface area contributed by atoms with Crippen LogP contribution < -0.4 is 9.47 Å². The van der Waals surface area contributed by atoms with Crippen LogP contribution in [0, 0.1) is 11.1 Å². The lowest BCUT2D eigenvalue weighted by molar-refractivity contribution is -0.605. The van der Waals surface area contributed by atoms with Gasteiger partial charge in [-0.15, -0.1) is 0 Å². The Labute approximate surface area is 201 Å². The third kappa shape index (κ3) is 11.7. The smallest absolute Gasteiger partial charge is 0.265 e. The molecule has 0 aliphatic carbocycles. The molecule has 0 amide bonds. The monoisotopic (exact) mass is 516 g/mol. The quantitative estimate of drug-likeness (QED) is 0.221. The highest BCUT2D eigenvalue weighted by atomic mass is 32.2. The van der Waals surface area contributed by atoms with E-state index in [9.17, 15) is 22.0 Å². The van der Waals surface area contributed by atoms with Crippen molar-refractivity contribution in [3.63, 3.8) is 0 Å². The van der Waals surface area contributed by atoms with E-state index in [0.29, 0.717) is 0 Å². The van der Waals surface area contributed by atoms with E-state index in [1.807, 2.05) is 36.4 Å². The van der Waals surface area contributed by atoms with Gasteiger partial charge in [0.25, 0.3) is 20.2 Å². The molecule has 1 fully saturated rings. The molecule has 0 bridgehead atoms. The van der Waals surface area contributed by atoms with Gasteiger partial charge in [0.2, 0.25) is 0 Å². The minimum atomic E-state index is -4.30. The van der Waals surface area contributed by atoms with Crippen molar-refractivity contribution in [1.29, 1.82) is 0 Å². The molecule has 1 atom stereocenters. The second kappa shape index (κ2) is 13.0. The molecule has 190 valence electrons. The summed E-state index contributed by atoms with van der Waals surface area (Å²) in [5, 5.41) is 11.1. The van der Waals surface area contributed by atoms with Crippen molar-refractivity contribution in [1.82, 2.24) is 4.90 Å². The van der Waals surface area contributed by atoms with E-state index in [1.165, 1.54) is 38.3 Å². The van der Waals surface area contributed by atoms with Crippen molar-refractivity contribution in [2.75, 3.05) is 37.7 Å². The van der Waals surface area contributed by atoms with Crippen molar-refractivity contribution in [3.8, 4) is 16.9 Å². The Morgan fingerprint density at radius 3 is 2.09 bits per heavy atom. The SMILES string of the molecule is CC1CCCN(CCCOc2ccc(-c3cc[n+]([O-])cc3)cc2)C1.O=S(=O)(O)CCS(=O)(=O)O. The molecule has 0 radical (unpaired) electrons. The molecule has 2 N–H and O–H groups in total. The lowest BCUT2D eigenvalue weighted by Crippen LogP contribution is -2.35. The molecule has 34 heavy (non-hydrogen) atoms. The topological polar surface area (TPSA) is 148 Å². The van der Waals surface area contributed by atoms with E-state index < -0.39 is 31.7 Å². The van der Waals surface area contributed by atoms with Gasteiger partial charge in [-0.05, 0) is 55.0 Å². The van der Waals surface area contributed by atoms with Crippen LogP contribution in [0.3, 0.4) is 0 Å². The van der Waals surface area contributed by atoms with Crippen molar-refractivity contribution in [2.45, 2.75) is 26.2 Å². The Bertz CT molecular complexity index is 1060. The first-order chi connectivity index (χ1) is 15.9. The molecule has 1 saturated heterocycles. The van der Waals surface area contributed by atoms with Gasteiger partial charge >= 0.3 is 0 Å². The zero-order chi connectivity index (χ0) is 25.2. The Hall–Kier alpha value is -2.25. The molecule has 2 heterocycles. The van der Waals surface area contributed by atoms with Gasteiger partial charge in [0.05, 0.1) is 18.1 Å². The van der Waals surface area contributed by atoms with Crippen LogP contribution in [0.5, 0.6) is 5.75 Å². The lowest BCUT2D eigenvalue weighted by atomic mass is 10.0. The van der Waals surface area contributed by atoms with Gasteiger partial charge in [0, 0.05) is 25.2 Å². The summed E-state index contributed by atoms with van der Waals surface area (Å²) >= 11 is 0. The highest BCUT2D eigenvalue weighted by molar-refractivity contribution is 7.89. The largest absolute Gasteiger partial charge is 0.619 e. The predicted molar refractivity (Wildman–Crippen MR) is 129 cm³/mol. The summed E-state index contributed by atoms with van der Waals surface area (Å²) < 4.78 is 62.0. The number of piperidine rings is 1. The van der Waals surface area contributed by atoms with Crippen LogP contribution in [-0.4, -0.2) is 68.6 Å². The number of likely N-dealkylation sites (tertiary alicyclic amines) is 1. The van der Waals surface area contributed by atoms with Gasteiger partial charge < -0.3 is 14.8 Å². The maximum atomic E-state index is 11.1. The maximum Gasteiger partial charge on any atom is 0.265 e. The zero-order valence-corrected chi connectivity index (χ0v) is 20.7. The minimum absolute atomic E-state index is 0.756. The van der Waals surface area contributed by atoms with Gasteiger partial charge in [-0.1, -0.05) is 19.1 Å². The first kappa shape index (κ1) is 28.0. The molecule has 2 aromatic rings. The van der Waals surface area contributed by atoms with Crippen molar-refractivity contribution in [2.24, 2.45) is 5.92 Å². The molecule has 12 heteroatoms. The third-order valence-electron chi connectivity index (χ3n) is 5.22. The van der Waals surface area contributed by atoms with E-state index in [1.54, 1.807) is 0 Å². The summed E-state index contributed by atoms with van der Waals surface area (Å²) in [5.74, 6) is -0.223. The first-order valence-corrected chi connectivity index (χ1v) is 14.2. The normalized spacial score (nSPS) is 17.0. The predicted octanol–water partition coefficient (Wildman–Crippen LogP) is 2.25. The van der Waals surface area contributed by atoms with Crippen LogP contribution in [-0.2, 0) is 20.2 Å². The summed E-state index contributed by atoms with van der Waals surface area (Å²) in [6, 6.07) is 11.7. The standard InChI is InChI=1S/C20H26N2O2.C2H6O6S2/c1-17-4-2-11-21(16-17)12-3-15-24-20-7-5-18(6-8-20)19-9-13-22(23)14-10-19;3-9(4,5)1-2-10(6,7)8/h5-10,13-14,17H,2-4,11-12,15-16H2,1H3;1-2H2,(H,3,4,5)(H,6,7,8). The van der Waals surface area contributed by atoms with Crippen molar-refractivity contribution in [3.05, 3.63) is 54.0 Å². The highest BCUT2D eigenvalue weighted by Crippen LogP contribution is 2.21. The van der Waals surface area contributed by atoms with Crippen molar-refractivity contribution >= 4 is 20.2 Å². The van der Waals surface area contributed by atoms with Crippen LogP contribution in [0.15, 0.2) is 48.8 Å². The summed E-state index contributed by atoms with van der Waals surface area (Å²) in [7, 11) is -8.59. The Balaban J connectivity index is 0.000000347. The molecule has 1 aromatic heterocycles. The lowest BCUT2D eigenvalue weighted by Gasteiger charge is -2.30. The second-order valence-electron chi connectivity index (χ2n) is 8.29. The molecular formula is C22H32N2O8S2. The number of hydrogen-bond donors (Lipinski definition) is 2. The zero-order valence-electron chi connectivity index (χ0n) is 19.1. The van der Waals surface area contributed by atoms with E-state index in [2.05, 4.69) is 11.8 Å². The first-order valence-electron chi connectivity index (χ1n) is 11.0. The number of pyridine rings is 1. The van der Waals surface area contributed by atoms with Crippen LogP contribution in [0.4, 0.5) is 0 Å². The molecule has 1 unspecified atom stereocenters. The van der Waals surface area contributed by atoms with Crippen LogP contribution in [0.2, 0.25) is 0 Å². The average molecular weight is 517 g/mol. The molecule has 1 aliphatic heterocycles. The molecule has 0 saturated carbocycles. The molecule has 10 nitrogen and oxygen atoms in total. The second-order valence-corrected chi connectivity index (χ2v) is 11.4. The fraction of sp³-hybridized carbons (Fsp3) is 0.500. The van der Waals surface area contributed by atoms with Gasteiger partial charge in [-0.3, -0.25) is 9.11 Å². The third-order valence-corrected chi connectivity index (χ3v) is 6.92. The number of rotatable bonds is 9. The van der Waals surface area contributed by atoms with Gasteiger partial charge in [-0.2, -0.15) is 21.6 Å². The number of benzene rings is 1.